The lowest BCUT2D eigenvalue weighted by molar-refractivity contribution is -0.116. The third kappa shape index (κ3) is 8.18. The maximum absolute atomic E-state index is 11.7. The van der Waals surface area contributed by atoms with Crippen molar-refractivity contribution in [1.29, 1.82) is 0 Å². The van der Waals surface area contributed by atoms with E-state index in [4.69, 9.17) is 15.2 Å². The average Bonchev–Trinajstić information content (AvgIpc) is 2.70. The van der Waals surface area contributed by atoms with E-state index in [2.05, 4.69) is 15.6 Å². The first-order valence-corrected chi connectivity index (χ1v) is 9.19. The number of nitrogens with two attached hydrogens (primary N) is 1. The van der Waals surface area contributed by atoms with Gasteiger partial charge in [-0.05, 0) is 41.8 Å². The number of carbonyl (C=O) groups excluding carboxylic acids is 1. The lowest BCUT2D eigenvalue weighted by atomic mass is 10.2. The summed E-state index contributed by atoms with van der Waals surface area (Å²) in [5, 5.41) is 5.96. The van der Waals surface area contributed by atoms with Crippen LogP contribution in [-0.2, 0) is 17.9 Å². The minimum Gasteiger partial charge on any atom is -0.493 e. The molecule has 0 unspecified atom stereocenters. The van der Waals surface area contributed by atoms with Crippen LogP contribution in [0.1, 0.15) is 30.9 Å². The largest absolute Gasteiger partial charge is 0.493 e. The number of ether oxygens (including phenoxy) is 2. The minimum atomic E-state index is 0. The first-order valence-electron chi connectivity index (χ1n) is 9.19. The molecule has 2 rings (SSSR count). The van der Waals surface area contributed by atoms with Gasteiger partial charge in [0.05, 0.1) is 20.8 Å². The number of carbonyl (C=O) groups is 1. The predicted octanol–water partition coefficient (Wildman–Crippen LogP) is 3.66. The number of guanidine groups is 1. The van der Waals surface area contributed by atoms with Crippen molar-refractivity contribution in [3.8, 4) is 11.5 Å². The van der Waals surface area contributed by atoms with E-state index in [0.717, 1.165) is 23.2 Å². The standard InChI is InChI=1S/C21H28N4O3.HI/c1-4-6-20(26)25-17-8-5-7-15(11-17)13-23-21(22)24-14-16-9-10-18(27-2)19(12-16)28-3;/h5,7-12H,4,6,13-14H2,1-3H3,(H,25,26)(H3,22,23,24);1H. The molecular formula is C21H29IN4O3. The van der Waals surface area contributed by atoms with Gasteiger partial charge in [0.25, 0.3) is 0 Å². The summed E-state index contributed by atoms with van der Waals surface area (Å²) in [7, 11) is 3.20. The van der Waals surface area contributed by atoms with E-state index in [9.17, 15) is 4.79 Å². The molecule has 0 saturated heterocycles. The number of benzene rings is 2. The van der Waals surface area contributed by atoms with Crippen LogP contribution in [0, 0.1) is 0 Å². The second-order valence-electron chi connectivity index (χ2n) is 6.24. The Kier molecular flexibility index (Phi) is 10.9. The molecule has 0 aromatic heterocycles. The van der Waals surface area contributed by atoms with E-state index in [1.54, 1.807) is 14.2 Å². The van der Waals surface area contributed by atoms with E-state index < -0.39 is 0 Å². The Balaban J connectivity index is 0.00000420. The number of halogens is 1. The van der Waals surface area contributed by atoms with Gasteiger partial charge in [-0.25, -0.2) is 4.99 Å². The molecule has 0 heterocycles. The van der Waals surface area contributed by atoms with Crippen molar-refractivity contribution < 1.29 is 14.3 Å². The van der Waals surface area contributed by atoms with Crippen molar-refractivity contribution in [3.63, 3.8) is 0 Å². The molecule has 2 aromatic carbocycles. The molecule has 0 aliphatic carbocycles. The number of rotatable bonds is 9. The SMILES string of the molecule is CCCC(=O)Nc1cccc(CN=C(N)NCc2ccc(OC)c(OC)c2)c1.I. The van der Waals surface area contributed by atoms with Crippen LogP contribution in [0.5, 0.6) is 11.5 Å². The molecule has 0 fully saturated rings. The molecule has 0 spiro atoms. The van der Waals surface area contributed by atoms with Crippen molar-refractivity contribution in [2.45, 2.75) is 32.9 Å². The van der Waals surface area contributed by atoms with E-state index in [1.165, 1.54) is 0 Å². The molecule has 158 valence electrons. The van der Waals surface area contributed by atoms with Crippen LogP contribution in [0.25, 0.3) is 0 Å². The summed E-state index contributed by atoms with van der Waals surface area (Å²) >= 11 is 0. The number of hydrogen-bond acceptors (Lipinski definition) is 4. The number of nitrogens with zero attached hydrogens (tertiary/aromatic N) is 1. The number of amides is 1. The number of nitrogens with one attached hydrogen (secondary N) is 2. The molecule has 0 aliphatic heterocycles. The number of hydrogen-bond donors (Lipinski definition) is 3. The lowest BCUT2D eigenvalue weighted by Gasteiger charge is -2.11. The molecule has 7 nitrogen and oxygen atoms in total. The van der Waals surface area contributed by atoms with Crippen LogP contribution in [0.15, 0.2) is 47.5 Å². The maximum atomic E-state index is 11.7. The highest BCUT2D eigenvalue weighted by atomic mass is 127. The van der Waals surface area contributed by atoms with Crippen molar-refractivity contribution in [2.24, 2.45) is 10.7 Å². The van der Waals surface area contributed by atoms with Crippen molar-refractivity contribution in [2.75, 3.05) is 19.5 Å². The zero-order valence-corrected chi connectivity index (χ0v) is 19.4. The molecular weight excluding hydrogens is 483 g/mol. The summed E-state index contributed by atoms with van der Waals surface area (Å²) < 4.78 is 10.5. The molecule has 29 heavy (non-hydrogen) atoms. The van der Waals surface area contributed by atoms with Crippen LogP contribution < -0.4 is 25.8 Å². The summed E-state index contributed by atoms with van der Waals surface area (Å²) in [6.07, 6.45) is 1.33. The third-order valence-electron chi connectivity index (χ3n) is 4.04. The first-order chi connectivity index (χ1) is 13.5. The van der Waals surface area contributed by atoms with Crippen LogP contribution >= 0.6 is 24.0 Å². The molecule has 0 bridgehead atoms. The van der Waals surface area contributed by atoms with Gasteiger partial charge in [-0.15, -0.1) is 24.0 Å². The van der Waals surface area contributed by atoms with Gasteiger partial charge in [0.1, 0.15) is 0 Å². The van der Waals surface area contributed by atoms with E-state index in [-0.39, 0.29) is 29.9 Å². The summed E-state index contributed by atoms with van der Waals surface area (Å²) in [6, 6.07) is 13.3. The third-order valence-corrected chi connectivity index (χ3v) is 4.04. The fourth-order valence-corrected chi connectivity index (χ4v) is 2.61. The molecule has 2 aromatic rings. The van der Waals surface area contributed by atoms with Crippen molar-refractivity contribution >= 4 is 41.5 Å². The smallest absolute Gasteiger partial charge is 0.224 e. The monoisotopic (exact) mass is 512 g/mol. The quantitative estimate of drug-likeness (QED) is 0.271. The van der Waals surface area contributed by atoms with Crippen LogP contribution in [0.4, 0.5) is 5.69 Å². The molecule has 0 radical (unpaired) electrons. The minimum absolute atomic E-state index is 0. The van der Waals surface area contributed by atoms with Gasteiger partial charge in [0.15, 0.2) is 17.5 Å². The molecule has 4 N–H and O–H groups in total. The highest BCUT2D eigenvalue weighted by molar-refractivity contribution is 14.0. The summed E-state index contributed by atoms with van der Waals surface area (Å²) in [6.45, 7) is 2.91. The van der Waals surface area contributed by atoms with Gasteiger partial charge in [-0.2, -0.15) is 0 Å². The summed E-state index contributed by atoms with van der Waals surface area (Å²) in [5.41, 5.74) is 8.69. The van der Waals surface area contributed by atoms with Crippen molar-refractivity contribution in [1.82, 2.24) is 5.32 Å². The zero-order valence-electron chi connectivity index (χ0n) is 17.0. The van der Waals surface area contributed by atoms with E-state index in [1.807, 2.05) is 49.4 Å². The fraction of sp³-hybridized carbons (Fsp3) is 0.333. The Morgan fingerprint density at radius 2 is 1.83 bits per heavy atom. The highest BCUT2D eigenvalue weighted by Gasteiger charge is 2.05. The van der Waals surface area contributed by atoms with Gasteiger partial charge >= 0.3 is 0 Å². The second-order valence-corrected chi connectivity index (χ2v) is 6.24. The van der Waals surface area contributed by atoms with Gasteiger partial charge in [-0.1, -0.05) is 25.1 Å². The normalized spacial score (nSPS) is 10.7. The zero-order chi connectivity index (χ0) is 20.4. The number of aliphatic imine (C=N–C) groups is 1. The Bertz CT molecular complexity index is 827. The molecule has 1 amide bonds. The second kappa shape index (κ2) is 12.9. The Labute approximate surface area is 189 Å². The fourth-order valence-electron chi connectivity index (χ4n) is 2.61. The topological polar surface area (TPSA) is 98.0 Å². The average molecular weight is 512 g/mol. The molecule has 0 atom stereocenters. The lowest BCUT2D eigenvalue weighted by Crippen LogP contribution is -2.31. The Morgan fingerprint density at radius 1 is 1.07 bits per heavy atom. The molecule has 0 aliphatic rings. The van der Waals surface area contributed by atoms with Crippen molar-refractivity contribution in [3.05, 3.63) is 53.6 Å². The number of methoxy groups -OCH3 is 2. The maximum Gasteiger partial charge on any atom is 0.224 e. The Morgan fingerprint density at radius 3 is 2.52 bits per heavy atom. The highest BCUT2D eigenvalue weighted by Crippen LogP contribution is 2.27. The molecule has 0 saturated carbocycles. The first kappa shape index (κ1) is 24.5. The van der Waals surface area contributed by atoms with Gasteiger partial charge < -0.3 is 25.8 Å². The Hall–Kier alpha value is -2.49. The van der Waals surface area contributed by atoms with Crippen LogP contribution in [0.3, 0.4) is 0 Å². The van der Waals surface area contributed by atoms with Gasteiger partial charge in [-0.3, -0.25) is 4.79 Å². The summed E-state index contributed by atoms with van der Waals surface area (Å²) in [4.78, 5) is 16.1. The number of anilines is 1. The predicted molar refractivity (Wildman–Crippen MR) is 127 cm³/mol. The van der Waals surface area contributed by atoms with Crippen LogP contribution in [0.2, 0.25) is 0 Å². The van der Waals surface area contributed by atoms with Crippen LogP contribution in [-0.4, -0.2) is 26.1 Å². The molecule has 8 heteroatoms. The van der Waals surface area contributed by atoms with E-state index in [0.29, 0.717) is 37.0 Å². The van der Waals surface area contributed by atoms with Gasteiger partial charge in [0, 0.05) is 18.7 Å². The van der Waals surface area contributed by atoms with E-state index >= 15 is 0 Å². The van der Waals surface area contributed by atoms with Gasteiger partial charge in [0.2, 0.25) is 5.91 Å². The summed E-state index contributed by atoms with van der Waals surface area (Å²) in [5.74, 6) is 1.70.